The minimum absolute atomic E-state index is 0.479. The molecule has 1 nitrogen and oxygen atoms in total. The molecular weight excluding hydrogens is 487 g/mol. The number of hydrogen-bond donors (Lipinski definition) is 0. The van der Waals surface area contributed by atoms with E-state index in [9.17, 15) is 0 Å². The van der Waals surface area contributed by atoms with Crippen molar-refractivity contribution in [2.45, 2.75) is 122 Å². The van der Waals surface area contributed by atoms with E-state index in [-0.39, 0.29) is 0 Å². The molecule has 0 aliphatic heterocycles. The van der Waals surface area contributed by atoms with Gasteiger partial charge in [0.2, 0.25) is 5.03 Å². The lowest BCUT2D eigenvalue weighted by Crippen LogP contribution is -2.50. The molecule has 1 aromatic rings. The van der Waals surface area contributed by atoms with Crippen molar-refractivity contribution < 1.29 is 4.57 Å². The predicted molar refractivity (Wildman–Crippen MR) is 163 cm³/mol. The molecule has 0 spiro atoms. The third-order valence-corrected chi connectivity index (χ3v) is 15.1. The second kappa shape index (κ2) is 11.6. The van der Waals surface area contributed by atoms with E-state index in [4.69, 9.17) is 0 Å². The Hall–Kier alpha value is -0.410. The van der Waals surface area contributed by atoms with Crippen molar-refractivity contribution in [3.05, 3.63) is 36.0 Å². The van der Waals surface area contributed by atoms with Gasteiger partial charge in [0, 0.05) is 28.2 Å². The fourth-order valence-electron chi connectivity index (χ4n) is 9.64. The molecule has 4 aliphatic rings. The van der Waals surface area contributed by atoms with E-state index in [1.165, 1.54) is 82.1 Å². The molecule has 1 aromatic heterocycles. The second-order valence-electron chi connectivity index (χ2n) is 14.1. The van der Waals surface area contributed by atoms with Gasteiger partial charge < -0.3 is 0 Å². The van der Waals surface area contributed by atoms with Crippen molar-refractivity contribution >= 4 is 21.6 Å². The molecule has 206 valence electrons. The lowest BCUT2D eigenvalue weighted by atomic mass is 9.47. The summed E-state index contributed by atoms with van der Waals surface area (Å²) >= 11 is 0. The molecule has 0 amide bonds. The van der Waals surface area contributed by atoms with Gasteiger partial charge in [0.1, 0.15) is 7.05 Å². The number of nitrogens with zero attached hydrogens (tertiary/aromatic N) is 1. The van der Waals surface area contributed by atoms with Gasteiger partial charge in [0.25, 0.3) is 0 Å². The molecule has 0 saturated heterocycles. The number of allylic oxidation sites excluding steroid dienone is 2. The summed E-state index contributed by atoms with van der Waals surface area (Å²) in [5.41, 5.74) is 2.94. The standard InChI is InChI=1S/C34H54NS2/c1-7-25(24(2)3)11-10-12-26-15-17-30-29-16-14-27-23-28(36-37-32-13-8-9-22-35(32)6)18-20-34(27,5)31(29)19-21-33(26,30)4/h8-9,13-14,22,24-26,28-31H,7,10-12,15-21,23H2,1-6H3/q+1/t25-,26?,28?,29?,30?,31?,33?,34?/m1/s1. The van der Waals surface area contributed by atoms with Gasteiger partial charge in [-0.3, -0.25) is 0 Å². The smallest absolute Gasteiger partial charge is 0.195 e. The van der Waals surface area contributed by atoms with Crippen molar-refractivity contribution in [2.24, 2.45) is 53.4 Å². The van der Waals surface area contributed by atoms with E-state index < -0.39 is 0 Å². The number of rotatable bonds is 9. The first-order valence-corrected chi connectivity index (χ1v) is 17.9. The van der Waals surface area contributed by atoms with Gasteiger partial charge in [0.05, 0.1) is 0 Å². The molecule has 3 fully saturated rings. The summed E-state index contributed by atoms with van der Waals surface area (Å²) in [7, 11) is 6.29. The number of fused-ring (bicyclic) bond motifs is 5. The molecular formula is C34H54NS2+. The fourth-order valence-corrected chi connectivity index (χ4v) is 12.4. The Bertz CT molecular complexity index is 955. The monoisotopic (exact) mass is 540 g/mol. The summed E-state index contributed by atoms with van der Waals surface area (Å²) < 4.78 is 2.26. The van der Waals surface area contributed by atoms with Crippen LogP contribution in [0.2, 0.25) is 0 Å². The molecule has 4 aliphatic carbocycles. The van der Waals surface area contributed by atoms with E-state index in [0.29, 0.717) is 10.8 Å². The summed E-state index contributed by atoms with van der Waals surface area (Å²) in [4.78, 5) is 0. The van der Waals surface area contributed by atoms with Crippen LogP contribution in [0.15, 0.2) is 41.1 Å². The van der Waals surface area contributed by atoms with Gasteiger partial charge in [-0.15, -0.1) is 0 Å². The highest BCUT2D eigenvalue weighted by atomic mass is 33.1. The van der Waals surface area contributed by atoms with Crippen LogP contribution in [0.25, 0.3) is 0 Å². The van der Waals surface area contributed by atoms with Crippen LogP contribution in [0.4, 0.5) is 0 Å². The third-order valence-electron chi connectivity index (χ3n) is 12.1. The zero-order valence-corrected chi connectivity index (χ0v) is 26.3. The van der Waals surface area contributed by atoms with Gasteiger partial charge in [0.15, 0.2) is 6.20 Å². The SMILES string of the molecule is CC[C@H](CCCC1CCC2C3CC=C4CC(SSc5cccc[n+]5C)CCC4(C)C3CCC12C)C(C)C. The van der Waals surface area contributed by atoms with Gasteiger partial charge in [-0.25, -0.2) is 0 Å². The Labute approximate surface area is 236 Å². The molecule has 0 radical (unpaired) electrons. The zero-order chi connectivity index (χ0) is 26.2. The first kappa shape index (κ1) is 28.1. The zero-order valence-electron chi connectivity index (χ0n) is 24.7. The van der Waals surface area contributed by atoms with Crippen molar-refractivity contribution in [3.8, 4) is 0 Å². The molecule has 7 unspecified atom stereocenters. The van der Waals surface area contributed by atoms with Crippen molar-refractivity contribution in [1.82, 2.24) is 0 Å². The Morgan fingerprint density at radius 2 is 1.89 bits per heavy atom. The van der Waals surface area contributed by atoms with E-state index in [0.717, 1.165) is 40.8 Å². The quantitative estimate of drug-likeness (QED) is 0.174. The van der Waals surface area contributed by atoms with Crippen molar-refractivity contribution in [2.75, 3.05) is 0 Å². The molecule has 8 atom stereocenters. The van der Waals surface area contributed by atoms with Crippen LogP contribution in [0.1, 0.15) is 112 Å². The average molecular weight is 541 g/mol. The van der Waals surface area contributed by atoms with Gasteiger partial charge in [-0.2, -0.15) is 4.57 Å². The Kier molecular flexibility index (Phi) is 8.82. The average Bonchev–Trinajstić information content (AvgIpc) is 3.22. The molecule has 5 rings (SSSR count). The highest BCUT2D eigenvalue weighted by Crippen LogP contribution is 2.67. The van der Waals surface area contributed by atoms with Gasteiger partial charge in [-0.1, -0.05) is 76.3 Å². The van der Waals surface area contributed by atoms with Crippen molar-refractivity contribution in [1.29, 1.82) is 0 Å². The Balaban J connectivity index is 1.21. The number of hydrogen-bond acceptors (Lipinski definition) is 2. The number of aromatic nitrogens is 1. The first-order valence-electron chi connectivity index (χ1n) is 15.7. The van der Waals surface area contributed by atoms with E-state index in [1.54, 1.807) is 0 Å². The predicted octanol–water partition coefficient (Wildman–Crippen LogP) is 10.1. The molecule has 0 bridgehead atoms. The highest BCUT2D eigenvalue weighted by Gasteiger charge is 2.58. The third kappa shape index (κ3) is 5.48. The van der Waals surface area contributed by atoms with Crippen LogP contribution >= 0.6 is 21.6 Å². The van der Waals surface area contributed by atoms with Gasteiger partial charge in [-0.05, 0) is 110 Å². The summed E-state index contributed by atoms with van der Waals surface area (Å²) in [6, 6.07) is 6.55. The van der Waals surface area contributed by atoms with Crippen LogP contribution < -0.4 is 4.57 Å². The highest BCUT2D eigenvalue weighted by molar-refractivity contribution is 8.76. The van der Waals surface area contributed by atoms with Crippen LogP contribution in [0.3, 0.4) is 0 Å². The molecule has 37 heavy (non-hydrogen) atoms. The maximum Gasteiger partial charge on any atom is 0.250 e. The summed E-state index contributed by atoms with van der Waals surface area (Å²) in [5.74, 6) is 5.66. The summed E-state index contributed by atoms with van der Waals surface area (Å²) in [6.07, 6.45) is 22.3. The maximum absolute atomic E-state index is 2.77. The van der Waals surface area contributed by atoms with Crippen LogP contribution in [-0.2, 0) is 7.05 Å². The van der Waals surface area contributed by atoms with Crippen LogP contribution in [-0.4, -0.2) is 5.25 Å². The van der Waals surface area contributed by atoms with E-state index in [2.05, 4.69) is 87.5 Å². The number of pyridine rings is 1. The maximum atomic E-state index is 2.77. The minimum atomic E-state index is 0.479. The minimum Gasteiger partial charge on any atom is -0.195 e. The Morgan fingerprint density at radius 1 is 1.05 bits per heavy atom. The van der Waals surface area contributed by atoms with Gasteiger partial charge >= 0.3 is 0 Å². The lowest BCUT2D eigenvalue weighted by molar-refractivity contribution is -0.708. The number of aryl methyl sites for hydroxylation is 1. The molecule has 3 saturated carbocycles. The summed E-state index contributed by atoms with van der Waals surface area (Å²) in [6.45, 7) is 12.7. The molecule has 0 aromatic carbocycles. The summed E-state index contributed by atoms with van der Waals surface area (Å²) in [5, 5.41) is 2.14. The molecule has 1 heterocycles. The van der Waals surface area contributed by atoms with E-state index in [1.807, 2.05) is 16.4 Å². The topological polar surface area (TPSA) is 3.88 Å². The van der Waals surface area contributed by atoms with Crippen LogP contribution in [0, 0.1) is 46.3 Å². The normalized spacial score (nSPS) is 38.0. The molecule has 3 heteroatoms. The first-order chi connectivity index (χ1) is 17.8. The largest absolute Gasteiger partial charge is 0.250 e. The fraction of sp³-hybridized carbons (Fsp3) is 0.794. The van der Waals surface area contributed by atoms with Crippen molar-refractivity contribution in [3.63, 3.8) is 0 Å². The second-order valence-corrected chi connectivity index (χ2v) is 16.6. The Morgan fingerprint density at radius 3 is 2.65 bits per heavy atom. The molecule has 0 N–H and O–H groups in total. The van der Waals surface area contributed by atoms with E-state index >= 15 is 0 Å². The van der Waals surface area contributed by atoms with Crippen LogP contribution in [0.5, 0.6) is 0 Å². The lowest BCUT2D eigenvalue weighted by Gasteiger charge is -2.58.